The summed E-state index contributed by atoms with van der Waals surface area (Å²) in [6.07, 6.45) is 9.89. The first-order valence-electron chi connectivity index (χ1n) is 11.9. The minimum Gasteiger partial charge on any atom is -0.340 e. The van der Waals surface area contributed by atoms with Crippen molar-refractivity contribution in [2.24, 2.45) is 23.2 Å². The van der Waals surface area contributed by atoms with Gasteiger partial charge in [0.1, 0.15) is 5.65 Å². The van der Waals surface area contributed by atoms with Crippen molar-refractivity contribution in [2.45, 2.75) is 58.9 Å². The van der Waals surface area contributed by atoms with E-state index >= 15 is 0 Å². The number of amides is 1. The molecule has 5 aliphatic rings. The largest absolute Gasteiger partial charge is 0.340 e. The second-order valence-electron chi connectivity index (χ2n) is 10.8. The molecule has 30 heavy (non-hydrogen) atoms. The molecular weight excluding hydrogens is 372 g/mol. The predicted molar refractivity (Wildman–Crippen MR) is 117 cm³/mol. The van der Waals surface area contributed by atoms with Crippen LogP contribution in [0.25, 0.3) is 5.65 Å². The van der Waals surface area contributed by atoms with Crippen LogP contribution in [0, 0.1) is 37.0 Å². The first kappa shape index (κ1) is 18.9. The molecule has 0 N–H and O–H groups in total. The zero-order valence-electron chi connectivity index (χ0n) is 18.4. The Morgan fingerprint density at radius 2 is 1.67 bits per heavy atom. The first-order chi connectivity index (χ1) is 14.5. The fraction of sp³-hybridized carbons (Fsp3) is 0.680. The predicted octanol–water partition coefficient (Wildman–Crippen LogP) is 3.81. The van der Waals surface area contributed by atoms with Crippen molar-refractivity contribution in [2.75, 3.05) is 26.2 Å². The highest BCUT2D eigenvalue weighted by Crippen LogP contribution is 2.60. The van der Waals surface area contributed by atoms with E-state index in [4.69, 9.17) is 4.98 Å². The van der Waals surface area contributed by atoms with E-state index in [0.29, 0.717) is 5.91 Å². The van der Waals surface area contributed by atoms with Crippen LogP contribution in [0.5, 0.6) is 0 Å². The number of aromatic nitrogens is 2. The van der Waals surface area contributed by atoms with Gasteiger partial charge >= 0.3 is 0 Å². The lowest BCUT2D eigenvalue weighted by molar-refractivity contribution is -0.159. The summed E-state index contributed by atoms with van der Waals surface area (Å²) in [5.41, 5.74) is 4.69. The number of hydrogen-bond donors (Lipinski definition) is 0. The van der Waals surface area contributed by atoms with Gasteiger partial charge < -0.3 is 9.30 Å². The van der Waals surface area contributed by atoms with E-state index in [0.717, 1.165) is 61.8 Å². The zero-order valence-corrected chi connectivity index (χ0v) is 18.4. The minimum atomic E-state index is 0.00696. The molecule has 2 aromatic heterocycles. The number of pyridine rings is 1. The maximum atomic E-state index is 13.6. The maximum Gasteiger partial charge on any atom is 0.228 e. The van der Waals surface area contributed by atoms with E-state index in [1.54, 1.807) is 0 Å². The van der Waals surface area contributed by atoms with Gasteiger partial charge in [-0.2, -0.15) is 0 Å². The standard InChI is InChI=1S/C25H34N4O/c1-17-3-4-29-22(18(2)26-23(29)9-17)16-27-5-7-28(8-6-27)24(30)25-13-19-10-20(14-25)12-21(11-19)15-25/h3-4,9,19-21H,5-8,10-16H2,1-2H3. The van der Waals surface area contributed by atoms with Crippen molar-refractivity contribution in [3.8, 4) is 0 Å². The molecule has 4 aliphatic carbocycles. The van der Waals surface area contributed by atoms with E-state index in [1.165, 1.54) is 49.8 Å². The van der Waals surface area contributed by atoms with Gasteiger partial charge in [-0.3, -0.25) is 9.69 Å². The van der Waals surface area contributed by atoms with Crippen LogP contribution in [0.2, 0.25) is 0 Å². The molecule has 0 unspecified atom stereocenters. The van der Waals surface area contributed by atoms with Gasteiger partial charge in [0.05, 0.1) is 16.8 Å². The Labute approximate surface area is 179 Å². The molecule has 5 fully saturated rings. The van der Waals surface area contributed by atoms with Crippen molar-refractivity contribution in [3.63, 3.8) is 0 Å². The Morgan fingerprint density at radius 1 is 1.03 bits per heavy atom. The Balaban J connectivity index is 1.13. The molecule has 4 saturated carbocycles. The highest BCUT2D eigenvalue weighted by atomic mass is 16.2. The number of aryl methyl sites for hydroxylation is 2. The van der Waals surface area contributed by atoms with Crippen LogP contribution < -0.4 is 0 Å². The smallest absolute Gasteiger partial charge is 0.228 e. The summed E-state index contributed by atoms with van der Waals surface area (Å²) in [6.45, 7) is 8.85. The summed E-state index contributed by atoms with van der Waals surface area (Å²) in [7, 11) is 0. The van der Waals surface area contributed by atoms with Gasteiger partial charge in [0, 0.05) is 38.9 Å². The van der Waals surface area contributed by atoms with Gasteiger partial charge in [0.25, 0.3) is 0 Å². The average Bonchev–Trinajstić information content (AvgIpc) is 3.01. The molecule has 0 aromatic carbocycles. The lowest BCUT2D eigenvalue weighted by Crippen LogP contribution is -2.58. The van der Waals surface area contributed by atoms with Crippen molar-refractivity contribution >= 4 is 11.6 Å². The molecule has 4 bridgehead atoms. The van der Waals surface area contributed by atoms with Gasteiger partial charge in [-0.05, 0) is 87.8 Å². The van der Waals surface area contributed by atoms with Gasteiger partial charge in [-0.15, -0.1) is 0 Å². The Hall–Kier alpha value is -1.88. The van der Waals surface area contributed by atoms with Crippen molar-refractivity contribution in [1.29, 1.82) is 0 Å². The van der Waals surface area contributed by atoms with Crippen molar-refractivity contribution in [1.82, 2.24) is 19.2 Å². The van der Waals surface area contributed by atoms with Crippen molar-refractivity contribution < 1.29 is 4.79 Å². The molecule has 5 heteroatoms. The maximum absolute atomic E-state index is 13.6. The van der Waals surface area contributed by atoms with E-state index in [1.807, 2.05) is 0 Å². The molecule has 0 radical (unpaired) electrons. The van der Waals surface area contributed by atoms with Crippen molar-refractivity contribution in [3.05, 3.63) is 35.3 Å². The highest BCUT2D eigenvalue weighted by molar-refractivity contribution is 5.83. The third-order valence-corrected chi connectivity index (χ3v) is 8.61. The molecule has 3 heterocycles. The number of nitrogens with zero attached hydrogens (tertiary/aromatic N) is 4. The summed E-state index contributed by atoms with van der Waals surface area (Å²) >= 11 is 0. The first-order valence-corrected chi connectivity index (χ1v) is 11.9. The van der Waals surface area contributed by atoms with E-state index in [9.17, 15) is 4.79 Å². The van der Waals surface area contributed by atoms with Crippen LogP contribution in [-0.2, 0) is 11.3 Å². The molecule has 0 atom stereocenters. The third-order valence-electron chi connectivity index (χ3n) is 8.61. The molecule has 1 aliphatic heterocycles. The highest BCUT2D eigenvalue weighted by Gasteiger charge is 2.55. The number of hydrogen-bond acceptors (Lipinski definition) is 3. The number of imidazole rings is 1. The molecule has 0 spiro atoms. The van der Waals surface area contributed by atoms with E-state index in [2.05, 4.69) is 46.4 Å². The molecular formula is C25H34N4O. The van der Waals surface area contributed by atoms with E-state index < -0.39 is 0 Å². The van der Waals surface area contributed by atoms with E-state index in [-0.39, 0.29) is 5.41 Å². The molecule has 7 rings (SSSR count). The monoisotopic (exact) mass is 406 g/mol. The molecule has 1 amide bonds. The quantitative estimate of drug-likeness (QED) is 0.778. The second-order valence-corrected chi connectivity index (χ2v) is 10.8. The molecule has 1 saturated heterocycles. The summed E-state index contributed by atoms with van der Waals surface area (Å²) in [5, 5.41) is 0. The Morgan fingerprint density at radius 3 is 2.30 bits per heavy atom. The summed E-state index contributed by atoms with van der Waals surface area (Å²) in [4.78, 5) is 23.1. The van der Waals surface area contributed by atoms with Gasteiger partial charge in [-0.25, -0.2) is 4.98 Å². The zero-order chi connectivity index (χ0) is 20.5. The summed E-state index contributed by atoms with van der Waals surface area (Å²) in [6, 6.07) is 4.30. The van der Waals surface area contributed by atoms with Gasteiger partial charge in [0.2, 0.25) is 5.91 Å². The number of carbonyl (C=O) groups excluding carboxylic acids is 1. The van der Waals surface area contributed by atoms with Crippen LogP contribution in [0.1, 0.15) is 55.5 Å². The average molecular weight is 407 g/mol. The summed E-state index contributed by atoms with van der Waals surface area (Å²) in [5.74, 6) is 3.01. The Bertz CT molecular complexity index is 949. The fourth-order valence-electron chi connectivity index (χ4n) is 7.53. The van der Waals surface area contributed by atoms with Gasteiger partial charge in [0.15, 0.2) is 0 Å². The van der Waals surface area contributed by atoms with Crippen LogP contribution >= 0.6 is 0 Å². The summed E-state index contributed by atoms with van der Waals surface area (Å²) < 4.78 is 2.23. The SMILES string of the molecule is Cc1ccn2c(CN3CCN(C(=O)C45CC6CC(CC(C6)C4)C5)CC3)c(C)nc2c1. The lowest BCUT2D eigenvalue weighted by atomic mass is 9.49. The van der Waals surface area contributed by atoms with Gasteiger partial charge in [-0.1, -0.05) is 0 Å². The van der Waals surface area contributed by atoms with Crippen LogP contribution in [-0.4, -0.2) is 51.3 Å². The Kier molecular flexibility index (Phi) is 4.28. The minimum absolute atomic E-state index is 0.00696. The normalized spacial score (nSPS) is 33.5. The second kappa shape index (κ2) is 6.81. The topological polar surface area (TPSA) is 40.9 Å². The number of rotatable bonds is 3. The third kappa shape index (κ3) is 3.00. The van der Waals surface area contributed by atoms with Crippen LogP contribution in [0.4, 0.5) is 0 Å². The lowest BCUT2D eigenvalue weighted by Gasteiger charge is -2.57. The van der Waals surface area contributed by atoms with Crippen LogP contribution in [0.15, 0.2) is 18.3 Å². The molecule has 160 valence electrons. The fourth-order valence-corrected chi connectivity index (χ4v) is 7.53. The van der Waals surface area contributed by atoms with Crippen LogP contribution in [0.3, 0.4) is 0 Å². The molecule has 2 aromatic rings. The molecule has 5 nitrogen and oxygen atoms in total. The number of piperazine rings is 1. The number of carbonyl (C=O) groups is 1. The number of fused-ring (bicyclic) bond motifs is 1.